The molecule has 0 unspecified atom stereocenters. The zero-order chi connectivity index (χ0) is 9.90. The Kier molecular flexibility index (Phi) is 2.85. The SMILES string of the molecule is O=C(O)C(F)(F)CC1=COCCC1. The first-order chi connectivity index (χ1) is 6.02. The predicted molar refractivity (Wildman–Crippen MR) is 40.5 cm³/mol. The van der Waals surface area contributed by atoms with E-state index >= 15 is 0 Å². The van der Waals surface area contributed by atoms with E-state index in [-0.39, 0.29) is 0 Å². The maximum absolute atomic E-state index is 12.6. The number of halogens is 2. The van der Waals surface area contributed by atoms with Gasteiger partial charge in [-0.2, -0.15) is 8.78 Å². The van der Waals surface area contributed by atoms with Gasteiger partial charge in [-0.25, -0.2) is 4.79 Å². The van der Waals surface area contributed by atoms with Gasteiger partial charge in [0, 0.05) is 6.42 Å². The number of carbonyl (C=O) groups is 1. The minimum absolute atomic E-state index is 0.360. The van der Waals surface area contributed by atoms with Gasteiger partial charge in [-0.15, -0.1) is 0 Å². The third kappa shape index (κ3) is 2.68. The number of carboxylic acids is 1. The minimum atomic E-state index is -3.67. The van der Waals surface area contributed by atoms with Crippen molar-refractivity contribution < 1.29 is 23.4 Å². The van der Waals surface area contributed by atoms with E-state index in [0.717, 1.165) is 0 Å². The monoisotopic (exact) mass is 192 g/mol. The molecule has 5 heteroatoms. The van der Waals surface area contributed by atoms with Gasteiger partial charge in [-0.05, 0) is 18.4 Å². The molecule has 0 bridgehead atoms. The summed E-state index contributed by atoms with van der Waals surface area (Å²) in [7, 11) is 0. The van der Waals surface area contributed by atoms with Crippen molar-refractivity contribution in [2.75, 3.05) is 6.61 Å². The second-order valence-electron chi connectivity index (χ2n) is 2.94. The van der Waals surface area contributed by atoms with Gasteiger partial charge in [0.05, 0.1) is 12.9 Å². The fraction of sp³-hybridized carbons (Fsp3) is 0.625. The van der Waals surface area contributed by atoms with Crippen molar-refractivity contribution in [1.82, 2.24) is 0 Å². The Morgan fingerprint density at radius 1 is 1.69 bits per heavy atom. The van der Waals surface area contributed by atoms with Gasteiger partial charge >= 0.3 is 11.9 Å². The summed E-state index contributed by atoms with van der Waals surface area (Å²) in [6.07, 6.45) is 1.65. The van der Waals surface area contributed by atoms with Gasteiger partial charge in [0.25, 0.3) is 0 Å². The third-order valence-corrected chi connectivity index (χ3v) is 1.77. The molecule has 1 aliphatic rings. The highest BCUT2D eigenvalue weighted by Gasteiger charge is 2.39. The van der Waals surface area contributed by atoms with Crippen molar-refractivity contribution in [3.8, 4) is 0 Å². The number of aliphatic carboxylic acids is 1. The second-order valence-corrected chi connectivity index (χ2v) is 2.94. The van der Waals surface area contributed by atoms with Crippen LogP contribution in [0.4, 0.5) is 8.78 Å². The fourth-order valence-electron chi connectivity index (χ4n) is 1.11. The maximum atomic E-state index is 12.6. The number of ether oxygens (including phenoxy) is 1. The molecular weight excluding hydrogens is 182 g/mol. The van der Waals surface area contributed by atoms with Gasteiger partial charge in [0.2, 0.25) is 0 Å². The van der Waals surface area contributed by atoms with Crippen LogP contribution in [0.5, 0.6) is 0 Å². The topological polar surface area (TPSA) is 46.5 Å². The molecule has 0 radical (unpaired) electrons. The van der Waals surface area contributed by atoms with Crippen LogP contribution in [-0.2, 0) is 9.53 Å². The fourth-order valence-corrected chi connectivity index (χ4v) is 1.11. The zero-order valence-corrected chi connectivity index (χ0v) is 6.93. The second kappa shape index (κ2) is 3.72. The van der Waals surface area contributed by atoms with Crippen molar-refractivity contribution >= 4 is 5.97 Å². The van der Waals surface area contributed by atoms with Crippen LogP contribution in [0.1, 0.15) is 19.3 Å². The first-order valence-electron chi connectivity index (χ1n) is 3.93. The highest BCUT2D eigenvalue weighted by molar-refractivity contribution is 5.75. The molecule has 0 aromatic carbocycles. The molecule has 0 spiro atoms. The normalized spacial score (nSPS) is 17.5. The lowest BCUT2D eigenvalue weighted by atomic mass is 10.0. The maximum Gasteiger partial charge on any atom is 0.374 e. The minimum Gasteiger partial charge on any atom is -0.501 e. The Labute approximate surface area is 74.0 Å². The van der Waals surface area contributed by atoms with Crippen LogP contribution in [0.15, 0.2) is 11.8 Å². The highest BCUT2D eigenvalue weighted by atomic mass is 19.3. The highest BCUT2D eigenvalue weighted by Crippen LogP contribution is 2.27. The van der Waals surface area contributed by atoms with Crippen LogP contribution >= 0.6 is 0 Å². The number of alkyl halides is 2. The van der Waals surface area contributed by atoms with E-state index < -0.39 is 18.3 Å². The Hall–Kier alpha value is -1.13. The van der Waals surface area contributed by atoms with Crippen LogP contribution in [0.2, 0.25) is 0 Å². The van der Waals surface area contributed by atoms with E-state index in [4.69, 9.17) is 9.84 Å². The summed E-state index contributed by atoms with van der Waals surface area (Å²) in [5.74, 6) is -5.76. The standard InChI is InChI=1S/C8H10F2O3/c9-8(10,7(11)12)4-6-2-1-3-13-5-6/h5H,1-4H2,(H,11,12). The average Bonchev–Trinajstić information content (AvgIpc) is 2.05. The zero-order valence-electron chi connectivity index (χ0n) is 6.93. The summed E-state index contributed by atoms with van der Waals surface area (Å²) < 4.78 is 30.1. The van der Waals surface area contributed by atoms with Gasteiger partial charge in [-0.1, -0.05) is 0 Å². The molecule has 0 atom stereocenters. The molecule has 0 aromatic rings. The number of rotatable bonds is 3. The number of hydrogen-bond acceptors (Lipinski definition) is 2. The van der Waals surface area contributed by atoms with E-state index in [2.05, 4.69) is 0 Å². The van der Waals surface area contributed by atoms with Crippen LogP contribution in [0.25, 0.3) is 0 Å². The van der Waals surface area contributed by atoms with Crippen LogP contribution in [-0.4, -0.2) is 23.6 Å². The van der Waals surface area contributed by atoms with Gasteiger partial charge in [-0.3, -0.25) is 0 Å². The van der Waals surface area contributed by atoms with E-state index in [1.54, 1.807) is 0 Å². The lowest BCUT2D eigenvalue weighted by Crippen LogP contribution is -2.29. The van der Waals surface area contributed by atoms with Crippen molar-refractivity contribution in [3.05, 3.63) is 11.8 Å². The molecular formula is C8H10F2O3. The molecule has 1 heterocycles. The number of hydrogen-bond donors (Lipinski definition) is 1. The van der Waals surface area contributed by atoms with E-state index in [0.29, 0.717) is 25.0 Å². The Morgan fingerprint density at radius 3 is 2.85 bits per heavy atom. The summed E-state index contributed by atoms with van der Waals surface area (Å²) in [5.41, 5.74) is 0.360. The summed E-state index contributed by atoms with van der Waals surface area (Å²) in [6, 6.07) is 0. The molecule has 0 amide bonds. The predicted octanol–water partition coefficient (Wildman–Crippen LogP) is 1.79. The molecule has 0 aliphatic carbocycles. The molecule has 1 N–H and O–H groups in total. The van der Waals surface area contributed by atoms with Crippen LogP contribution in [0.3, 0.4) is 0 Å². The molecule has 0 saturated heterocycles. The quantitative estimate of drug-likeness (QED) is 0.741. The Bertz CT molecular complexity index is 236. The van der Waals surface area contributed by atoms with Gasteiger partial charge in [0.15, 0.2) is 0 Å². The molecule has 1 rings (SSSR count). The van der Waals surface area contributed by atoms with E-state index in [1.165, 1.54) is 6.26 Å². The van der Waals surface area contributed by atoms with Crippen LogP contribution < -0.4 is 0 Å². The first-order valence-corrected chi connectivity index (χ1v) is 3.93. The van der Waals surface area contributed by atoms with E-state index in [9.17, 15) is 13.6 Å². The molecule has 13 heavy (non-hydrogen) atoms. The van der Waals surface area contributed by atoms with E-state index in [1.807, 2.05) is 0 Å². The summed E-state index contributed by atoms with van der Waals surface area (Å²) in [4.78, 5) is 10.1. The van der Waals surface area contributed by atoms with Crippen molar-refractivity contribution in [3.63, 3.8) is 0 Å². The Morgan fingerprint density at radius 2 is 2.38 bits per heavy atom. The van der Waals surface area contributed by atoms with Gasteiger partial charge in [0.1, 0.15) is 0 Å². The molecule has 3 nitrogen and oxygen atoms in total. The molecule has 0 fully saturated rings. The summed E-state index contributed by atoms with van der Waals surface area (Å²) in [6.45, 7) is 0.516. The van der Waals surface area contributed by atoms with Crippen molar-refractivity contribution in [2.45, 2.75) is 25.2 Å². The molecule has 0 saturated carbocycles. The van der Waals surface area contributed by atoms with Crippen LogP contribution in [0, 0.1) is 0 Å². The third-order valence-electron chi connectivity index (χ3n) is 1.77. The molecule has 1 aliphatic heterocycles. The molecule has 0 aromatic heterocycles. The van der Waals surface area contributed by atoms with Crippen molar-refractivity contribution in [2.24, 2.45) is 0 Å². The number of allylic oxidation sites excluding steroid dienone is 1. The largest absolute Gasteiger partial charge is 0.501 e. The lowest BCUT2D eigenvalue weighted by Gasteiger charge is -2.17. The summed E-state index contributed by atoms with van der Waals surface area (Å²) >= 11 is 0. The average molecular weight is 192 g/mol. The summed E-state index contributed by atoms with van der Waals surface area (Å²) in [5, 5.41) is 8.15. The van der Waals surface area contributed by atoms with Gasteiger partial charge < -0.3 is 9.84 Å². The number of carboxylic acid groups (broad SMARTS) is 1. The lowest BCUT2D eigenvalue weighted by molar-refractivity contribution is -0.164. The first kappa shape index (κ1) is 9.95. The smallest absolute Gasteiger partial charge is 0.374 e. The molecule has 74 valence electrons. The van der Waals surface area contributed by atoms with Crippen molar-refractivity contribution in [1.29, 1.82) is 0 Å². The Balaban J connectivity index is 2.56.